The van der Waals surface area contributed by atoms with Crippen LogP contribution in [0.3, 0.4) is 0 Å². The lowest BCUT2D eigenvalue weighted by atomic mass is 9.90. The van der Waals surface area contributed by atoms with Gasteiger partial charge in [0.1, 0.15) is 11.9 Å². The molecule has 0 aromatic rings. The molecule has 2 atom stereocenters. The van der Waals surface area contributed by atoms with Gasteiger partial charge in [-0.1, -0.05) is 66.2 Å². The van der Waals surface area contributed by atoms with Crippen molar-refractivity contribution in [1.82, 2.24) is 0 Å². The second-order valence-electron chi connectivity index (χ2n) is 7.31. The average Bonchev–Trinajstić information content (AvgIpc) is 2.62. The van der Waals surface area contributed by atoms with Crippen LogP contribution in [0.5, 0.6) is 0 Å². The lowest BCUT2D eigenvalue weighted by Gasteiger charge is -2.23. The summed E-state index contributed by atoms with van der Waals surface area (Å²) < 4.78 is 5.55. The molecule has 1 N–H and O–H groups in total. The van der Waals surface area contributed by atoms with Gasteiger partial charge in [0.2, 0.25) is 5.70 Å². The van der Waals surface area contributed by atoms with Gasteiger partial charge < -0.3 is 9.84 Å². The van der Waals surface area contributed by atoms with E-state index in [0.29, 0.717) is 11.8 Å². The van der Waals surface area contributed by atoms with Crippen molar-refractivity contribution in [2.24, 2.45) is 17.0 Å². The third-order valence-electron chi connectivity index (χ3n) is 5.39. The van der Waals surface area contributed by atoms with Crippen molar-refractivity contribution in [2.75, 3.05) is 0 Å². The number of unbranched alkanes of at least 4 members (excludes halogenated alkanes) is 1. The van der Waals surface area contributed by atoms with Crippen LogP contribution in [0.4, 0.5) is 0 Å². The van der Waals surface area contributed by atoms with E-state index in [0.717, 1.165) is 44.9 Å². The highest BCUT2D eigenvalue weighted by molar-refractivity contribution is 5.88. The van der Waals surface area contributed by atoms with Gasteiger partial charge in [-0.3, -0.25) is 0 Å². The Kier molecular flexibility index (Phi) is 14.0. The molecule has 0 saturated heterocycles. The molecule has 0 heterocycles. The van der Waals surface area contributed by atoms with Crippen LogP contribution in [0, 0.1) is 16.7 Å². The Morgan fingerprint density at radius 3 is 1.88 bits per heavy atom. The lowest BCUT2D eigenvalue weighted by molar-refractivity contribution is -0.145. The van der Waals surface area contributed by atoms with E-state index in [1.54, 1.807) is 0 Å². The summed E-state index contributed by atoms with van der Waals surface area (Å²) in [5.41, 5.74) is -0.518. The molecule has 5 heteroatoms. The summed E-state index contributed by atoms with van der Waals surface area (Å²) in [5, 5.41) is 12.1. The quantitative estimate of drug-likeness (QED) is 0.151. The summed E-state index contributed by atoms with van der Waals surface area (Å²) in [7, 11) is 0. The maximum atomic E-state index is 12.2. The molecule has 0 unspecified atom stereocenters. The number of aliphatic hydroxyl groups is 1. The number of aliphatic hydroxyl groups excluding tert-OH is 1. The van der Waals surface area contributed by atoms with Crippen molar-refractivity contribution in [1.29, 1.82) is 0 Å². The summed E-state index contributed by atoms with van der Waals surface area (Å²) in [5.74, 6) is 0.0643. The van der Waals surface area contributed by atoms with Gasteiger partial charge in [0, 0.05) is 0 Å². The first kappa shape index (κ1) is 24.6. The highest BCUT2D eigenvalue weighted by Gasteiger charge is 2.22. The number of nitrogens with zero attached hydrogens (tertiary/aromatic N) is 1. The van der Waals surface area contributed by atoms with Crippen LogP contribution in [0.1, 0.15) is 98.8 Å². The van der Waals surface area contributed by atoms with Gasteiger partial charge in [-0.25, -0.2) is 4.79 Å². The lowest BCUT2D eigenvalue weighted by Crippen LogP contribution is -2.22. The first-order valence-electron chi connectivity index (χ1n) is 10.4. The second-order valence-corrected chi connectivity index (χ2v) is 7.31. The molecule has 5 nitrogen and oxygen atoms in total. The number of rotatable bonds is 15. The van der Waals surface area contributed by atoms with Crippen LogP contribution in [0.25, 0.3) is 0 Å². The Labute approximate surface area is 159 Å². The fourth-order valence-electron chi connectivity index (χ4n) is 3.31. The van der Waals surface area contributed by atoms with E-state index in [2.05, 4.69) is 32.9 Å². The fraction of sp³-hybridized carbons (Fsp3) is 0.857. The van der Waals surface area contributed by atoms with Crippen LogP contribution < -0.4 is 0 Å². The predicted octanol–water partition coefficient (Wildman–Crippen LogP) is 6.67. The van der Waals surface area contributed by atoms with Crippen LogP contribution in [-0.2, 0) is 9.53 Å². The van der Waals surface area contributed by atoms with Crippen molar-refractivity contribution in [3.05, 3.63) is 16.4 Å². The van der Waals surface area contributed by atoms with Gasteiger partial charge in [0.05, 0.1) is 0 Å². The number of hydrogen-bond acceptors (Lipinski definition) is 5. The molecule has 0 aliphatic carbocycles. The van der Waals surface area contributed by atoms with E-state index in [-0.39, 0.29) is 6.10 Å². The zero-order valence-electron chi connectivity index (χ0n) is 17.4. The van der Waals surface area contributed by atoms with E-state index < -0.39 is 17.4 Å². The molecule has 152 valence electrons. The Morgan fingerprint density at radius 1 is 0.923 bits per heavy atom. The van der Waals surface area contributed by atoms with Crippen LogP contribution in [0.15, 0.2) is 16.6 Å². The molecular weight excluding hydrogens is 330 g/mol. The topological polar surface area (TPSA) is 76.0 Å². The highest BCUT2D eigenvalue weighted by Crippen LogP contribution is 2.25. The van der Waals surface area contributed by atoms with E-state index in [4.69, 9.17) is 4.74 Å². The highest BCUT2D eigenvalue weighted by atomic mass is 16.5. The minimum absolute atomic E-state index is 0.227. The Bertz CT molecular complexity index is 426. The molecule has 0 bridgehead atoms. The number of esters is 1. The standard InChI is InChI=1S/C21H39NO4/c1-6-10-11-18(9-4)13-15-19(14-12-17(7-2)8-3)26-21(24)20(22-25)16(5)23/h17-19,23H,6-15H2,1-5H3/t18-,19+/m0/s1. The first-order valence-corrected chi connectivity index (χ1v) is 10.4. The Balaban J connectivity index is 4.90. The molecule has 0 fully saturated rings. The molecule has 0 aromatic heterocycles. The number of nitroso groups, excluding NO2 is 1. The summed E-state index contributed by atoms with van der Waals surface area (Å²) in [6.45, 7) is 10.0. The maximum Gasteiger partial charge on any atom is 0.364 e. The third kappa shape index (κ3) is 9.93. The molecular formula is C21H39NO4. The molecule has 0 rings (SSSR count). The Morgan fingerprint density at radius 2 is 1.46 bits per heavy atom. The molecule has 0 spiro atoms. The SMILES string of the molecule is CCCC[C@H](CC)CC[C@@H](CCC(CC)CC)OC(=O)C(N=O)=C(C)O. The molecule has 0 aromatic carbocycles. The van der Waals surface area contributed by atoms with Gasteiger partial charge in [0.25, 0.3) is 0 Å². The molecule has 0 amide bonds. The minimum atomic E-state index is -0.809. The minimum Gasteiger partial charge on any atom is -0.510 e. The van der Waals surface area contributed by atoms with Gasteiger partial charge in [0.15, 0.2) is 0 Å². The molecule has 26 heavy (non-hydrogen) atoms. The first-order chi connectivity index (χ1) is 12.4. The fourth-order valence-corrected chi connectivity index (χ4v) is 3.31. The van der Waals surface area contributed by atoms with Crippen molar-refractivity contribution in [3.8, 4) is 0 Å². The van der Waals surface area contributed by atoms with Crippen LogP contribution >= 0.6 is 0 Å². The molecule has 0 aliphatic rings. The van der Waals surface area contributed by atoms with Gasteiger partial charge in [-0.05, 0) is 49.6 Å². The zero-order chi connectivity index (χ0) is 19.9. The smallest absolute Gasteiger partial charge is 0.364 e. The Hall–Kier alpha value is -1.39. The average molecular weight is 370 g/mol. The summed E-state index contributed by atoms with van der Waals surface area (Å²) in [4.78, 5) is 23.0. The van der Waals surface area contributed by atoms with Crippen molar-refractivity contribution in [3.63, 3.8) is 0 Å². The zero-order valence-corrected chi connectivity index (χ0v) is 17.4. The predicted molar refractivity (Wildman–Crippen MR) is 107 cm³/mol. The van der Waals surface area contributed by atoms with Crippen LogP contribution in [-0.4, -0.2) is 17.2 Å². The molecule has 0 saturated carbocycles. The normalized spacial score (nSPS) is 14.7. The van der Waals surface area contributed by atoms with Gasteiger partial charge >= 0.3 is 5.97 Å². The van der Waals surface area contributed by atoms with E-state index >= 15 is 0 Å². The monoisotopic (exact) mass is 369 g/mol. The number of carbonyl (C=O) groups is 1. The molecule has 0 aliphatic heterocycles. The number of ether oxygens (including phenoxy) is 1. The van der Waals surface area contributed by atoms with E-state index in [9.17, 15) is 14.8 Å². The van der Waals surface area contributed by atoms with E-state index in [1.807, 2.05) is 0 Å². The van der Waals surface area contributed by atoms with Gasteiger partial charge in [-0.15, -0.1) is 4.91 Å². The van der Waals surface area contributed by atoms with Crippen molar-refractivity contribution in [2.45, 2.75) is 105 Å². The van der Waals surface area contributed by atoms with Crippen LogP contribution in [0.2, 0.25) is 0 Å². The summed E-state index contributed by atoms with van der Waals surface area (Å²) >= 11 is 0. The maximum absolute atomic E-state index is 12.2. The number of allylic oxidation sites excluding steroid dienone is 1. The van der Waals surface area contributed by atoms with Gasteiger partial charge in [-0.2, -0.15) is 0 Å². The summed E-state index contributed by atoms with van der Waals surface area (Å²) in [6, 6.07) is 0. The number of carbonyl (C=O) groups excluding carboxylic acids is 1. The molecule has 0 radical (unpaired) electrons. The summed E-state index contributed by atoms with van der Waals surface area (Å²) in [6.07, 6.45) is 10.4. The largest absolute Gasteiger partial charge is 0.510 e. The van der Waals surface area contributed by atoms with E-state index in [1.165, 1.54) is 26.2 Å². The van der Waals surface area contributed by atoms with Crippen molar-refractivity contribution < 1.29 is 14.6 Å². The van der Waals surface area contributed by atoms with Crippen molar-refractivity contribution >= 4 is 5.97 Å². The second kappa shape index (κ2) is 14.7. The third-order valence-corrected chi connectivity index (χ3v) is 5.39. The number of hydrogen-bond donors (Lipinski definition) is 1.